The number of hydrogen-bond acceptors (Lipinski definition) is 2. The molecule has 2 rings (SSSR count). The van der Waals surface area contributed by atoms with E-state index in [2.05, 4.69) is 5.32 Å². The Morgan fingerprint density at radius 2 is 1.74 bits per heavy atom. The Morgan fingerprint density at radius 3 is 2.32 bits per heavy atom. The molecule has 3 nitrogen and oxygen atoms in total. The lowest BCUT2D eigenvalue weighted by Crippen LogP contribution is -2.03. The van der Waals surface area contributed by atoms with Crippen LogP contribution in [0.5, 0.6) is 0 Å². The molecule has 5 heteroatoms. The van der Waals surface area contributed by atoms with Gasteiger partial charge in [0.05, 0.1) is 11.3 Å². The molecule has 0 aliphatic carbocycles. The second-order valence-corrected chi connectivity index (χ2v) is 5.01. The number of anilines is 2. The van der Waals surface area contributed by atoms with Crippen molar-refractivity contribution >= 4 is 40.5 Å². The number of carboxylic acid groups (broad SMARTS) is 1. The van der Waals surface area contributed by atoms with Gasteiger partial charge in [0.1, 0.15) is 0 Å². The number of aromatic carboxylic acids is 1. The molecule has 2 aromatic rings. The summed E-state index contributed by atoms with van der Waals surface area (Å²) in [5.41, 5.74) is 2.23. The molecule has 2 aromatic carbocycles. The smallest absolute Gasteiger partial charge is 0.337 e. The van der Waals surface area contributed by atoms with Crippen LogP contribution in [0.15, 0.2) is 36.4 Å². The molecule has 0 aromatic heterocycles. The van der Waals surface area contributed by atoms with E-state index in [9.17, 15) is 9.90 Å². The average Bonchev–Trinajstić information content (AvgIpc) is 2.30. The molecule has 0 spiro atoms. The van der Waals surface area contributed by atoms with E-state index in [0.29, 0.717) is 21.4 Å². The highest BCUT2D eigenvalue weighted by molar-refractivity contribution is 6.35. The minimum Gasteiger partial charge on any atom is -0.478 e. The van der Waals surface area contributed by atoms with Crippen LogP contribution in [0.25, 0.3) is 0 Å². The largest absolute Gasteiger partial charge is 0.478 e. The predicted octanol–water partition coefficient (Wildman–Crippen LogP) is 4.74. The number of hydrogen-bond donors (Lipinski definition) is 2. The summed E-state index contributed by atoms with van der Waals surface area (Å²) in [5, 5.41) is 13.2. The van der Waals surface area contributed by atoms with Gasteiger partial charge < -0.3 is 10.4 Å². The van der Waals surface area contributed by atoms with Crippen LogP contribution >= 0.6 is 23.2 Å². The summed E-state index contributed by atoms with van der Waals surface area (Å²) >= 11 is 11.8. The fourth-order valence-corrected chi connectivity index (χ4v) is 2.25. The topological polar surface area (TPSA) is 49.3 Å². The Balaban J connectivity index is 2.40. The quantitative estimate of drug-likeness (QED) is 0.859. The van der Waals surface area contributed by atoms with Crippen LogP contribution in [0.3, 0.4) is 0 Å². The molecular formula is C14H11Cl2NO2. The van der Waals surface area contributed by atoms with Gasteiger partial charge in [0.2, 0.25) is 0 Å². The van der Waals surface area contributed by atoms with Gasteiger partial charge in [-0.25, -0.2) is 4.79 Å². The van der Waals surface area contributed by atoms with Gasteiger partial charge in [0.15, 0.2) is 0 Å². The molecule has 19 heavy (non-hydrogen) atoms. The average molecular weight is 296 g/mol. The van der Waals surface area contributed by atoms with Gasteiger partial charge in [-0.15, -0.1) is 0 Å². The second kappa shape index (κ2) is 5.51. The minimum absolute atomic E-state index is 0.205. The standard InChI is InChI=1S/C14H11Cl2NO2/c1-8-2-3-13(12(4-8)14(18)19)17-11-6-9(15)5-10(16)7-11/h2-7,17H,1H3,(H,18,19). The van der Waals surface area contributed by atoms with Crippen LogP contribution in [0.1, 0.15) is 15.9 Å². The van der Waals surface area contributed by atoms with Gasteiger partial charge in [-0.05, 0) is 37.3 Å². The molecule has 0 bridgehead atoms. The van der Waals surface area contributed by atoms with Crippen LogP contribution in [0, 0.1) is 6.92 Å². The van der Waals surface area contributed by atoms with E-state index >= 15 is 0 Å². The molecule has 0 atom stereocenters. The minimum atomic E-state index is -0.987. The summed E-state index contributed by atoms with van der Waals surface area (Å²) in [4.78, 5) is 11.2. The molecule has 0 heterocycles. The van der Waals surface area contributed by atoms with Crippen molar-refractivity contribution in [2.45, 2.75) is 6.92 Å². The van der Waals surface area contributed by atoms with E-state index in [1.807, 2.05) is 13.0 Å². The van der Waals surface area contributed by atoms with Gasteiger partial charge >= 0.3 is 5.97 Å². The molecular weight excluding hydrogens is 285 g/mol. The third-order valence-electron chi connectivity index (χ3n) is 2.55. The molecule has 0 aliphatic rings. The zero-order chi connectivity index (χ0) is 14.0. The highest BCUT2D eigenvalue weighted by Gasteiger charge is 2.10. The molecule has 0 fully saturated rings. The molecule has 98 valence electrons. The maximum Gasteiger partial charge on any atom is 0.337 e. The summed E-state index contributed by atoms with van der Waals surface area (Å²) < 4.78 is 0. The third-order valence-corrected chi connectivity index (χ3v) is 2.98. The fraction of sp³-hybridized carbons (Fsp3) is 0.0714. The Bertz CT molecular complexity index is 621. The summed E-state index contributed by atoms with van der Waals surface area (Å²) in [7, 11) is 0. The van der Waals surface area contributed by atoms with Crippen molar-refractivity contribution in [3.05, 3.63) is 57.6 Å². The monoisotopic (exact) mass is 295 g/mol. The van der Waals surface area contributed by atoms with Gasteiger partial charge in [-0.2, -0.15) is 0 Å². The SMILES string of the molecule is Cc1ccc(Nc2cc(Cl)cc(Cl)c2)c(C(=O)O)c1. The third kappa shape index (κ3) is 3.40. The molecule has 0 saturated carbocycles. The number of carboxylic acids is 1. The van der Waals surface area contributed by atoms with Crippen molar-refractivity contribution < 1.29 is 9.90 Å². The van der Waals surface area contributed by atoms with Gasteiger partial charge in [0.25, 0.3) is 0 Å². The molecule has 0 amide bonds. The molecule has 0 aliphatic heterocycles. The van der Waals surface area contributed by atoms with Crippen LogP contribution in [-0.2, 0) is 0 Å². The summed E-state index contributed by atoms with van der Waals surface area (Å²) in [6.07, 6.45) is 0. The number of carbonyl (C=O) groups is 1. The van der Waals surface area contributed by atoms with E-state index in [0.717, 1.165) is 5.56 Å². The van der Waals surface area contributed by atoms with Crippen LogP contribution in [0.2, 0.25) is 10.0 Å². The van der Waals surface area contributed by atoms with E-state index in [1.54, 1.807) is 30.3 Å². The molecule has 0 saturated heterocycles. The summed E-state index contributed by atoms with van der Waals surface area (Å²) in [6, 6.07) is 10.1. The first-order valence-corrected chi connectivity index (χ1v) is 6.28. The Labute approximate surface area is 120 Å². The van der Waals surface area contributed by atoms with Gasteiger partial charge in [-0.1, -0.05) is 34.8 Å². The molecule has 0 unspecified atom stereocenters. The van der Waals surface area contributed by atoms with Crippen molar-refractivity contribution in [3.63, 3.8) is 0 Å². The summed E-state index contributed by atoms with van der Waals surface area (Å²) in [6.45, 7) is 1.84. The van der Waals surface area contributed by atoms with Crippen molar-refractivity contribution in [1.82, 2.24) is 0 Å². The lowest BCUT2D eigenvalue weighted by Gasteiger charge is -2.11. The van der Waals surface area contributed by atoms with Crippen molar-refractivity contribution in [2.75, 3.05) is 5.32 Å². The Kier molecular flexibility index (Phi) is 3.98. The molecule has 0 radical (unpaired) electrons. The number of halogens is 2. The first-order chi connectivity index (χ1) is 8.95. The maximum absolute atomic E-state index is 11.2. The van der Waals surface area contributed by atoms with Crippen molar-refractivity contribution in [1.29, 1.82) is 0 Å². The lowest BCUT2D eigenvalue weighted by atomic mass is 10.1. The second-order valence-electron chi connectivity index (χ2n) is 4.14. The van der Waals surface area contributed by atoms with E-state index < -0.39 is 5.97 Å². The number of rotatable bonds is 3. The highest BCUT2D eigenvalue weighted by atomic mass is 35.5. The molecule has 2 N–H and O–H groups in total. The maximum atomic E-state index is 11.2. The summed E-state index contributed by atoms with van der Waals surface area (Å²) in [5.74, 6) is -0.987. The number of aryl methyl sites for hydroxylation is 1. The Hall–Kier alpha value is -1.71. The fourth-order valence-electron chi connectivity index (χ4n) is 1.73. The van der Waals surface area contributed by atoms with Crippen molar-refractivity contribution in [3.8, 4) is 0 Å². The van der Waals surface area contributed by atoms with Gasteiger partial charge in [-0.3, -0.25) is 0 Å². The number of benzene rings is 2. The number of nitrogens with one attached hydrogen (secondary N) is 1. The van der Waals surface area contributed by atoms with Crippen LogP contribution < -0.4 is 5.32 Å². The van der Waals surface area contributed by atoms with Gasteiger partial charge in [0, 0.05) is 15.7 Å². The first-order valence-electron chi connectivity index (χ1n) is 5.53. The lowest BCUT2D eigenvalue weighted by molar-refractivity contribution is 0.0698. The predicted molar refractivity (Wildman–Crippen MR) is 77.9 cm³/mol. The van der Waals surface area contributed by atoms with E-state index in [-0.39, 0.29) is 5.56 Å². The Morgan fingerprint density at radius 1 is 1.11 bits per heavy atom. The zero-order valence-corrected chi connectivity index (χ0v) is 11.6. The van der Waals surface area contributed by atoms with Crippen molar-refractivity contribution in [2.24, 2.45) is 0 Å². The van der Waals surface area contributed by atoms with E-state index in [1.165, 1.54) is 0 Å². The van der Waals surface area contributed by atoms with Crippen LogP contribution in [-0.4, -0.2) is 11.1 Å². The highest BCUT2D eigenvalue weighted by Crippen LogP contribution is 2.27. The van der Waals surface area contributed by atoms with Crippen LogP contribution in [0.4, 0.5) is 11.4 Å². The zero-order valence-electron chi connectivity index (χ0n) is 10.1. The first kappa shape index (κ1) is 13.7. The normalized spacial score (nSPS) is 10.3. The van der Waals surface area contributed by atoms with E-state index in [4.69, 9.17) is 23.2 Å².